The van der Waals surface area contributed by atoms with Crippen molar-refractivity contribution in [3.8, 4) is 22.6 Å². The van der Waals surface area contributed by atoms with Gasteiger partial charge in [0.2, 0.25) is 0 Å². The summed E-state index contributed by atoms with van der Waals surface area (Å²) in [5.74, 6) is 0. The molecule has 0 aliphatic heterocycles. The number of anilines is 1. The third-order valence-electron chi connectivity index (χ3n) is 6.12. The van der Waals surface area contributed by atoms with E-state index in [-0.39, 0.29) is 0 Å². The van der Waals surface area contributed by atoms with Crippen LogP contribution in [0.4, 0.5) is 5.69 Å². The summed E-state index contributed by atoms with van der Waals surface area (Å²) in [5, 5.41) is 14.0. The number of hydrogen-bond acceptors (Lipinski definition) is 6. The van der Waals surface area contributed by atoms with Crippen LogP contribution in [0.15, 0.2) is 80.2 Å². The minimum absolute atomic E-state index is 0.730. The number of fused-ring (bicyclic) bond motifs is 1. The van der Waals surface area contributed by atoms with Crippen molar-refractivity contribution in [2.24, 2.45) is 0 Å². The van der Waals surface area contributed by atoms with Gasteiger partial charge in [-0.15, -0.1) is 0 Å². The van der Waals surface area contributed by atoms with E-state index in [4.69, 9.17) is 0 Å². The molecular weight excluding hydrogens is 472 g/mol. The fourth-order valence-corrected chi connectivity index (χ4v) is 4.41. The zero-order valence-electron chi connectivity index (χ0n) is 21.8. The second-order valence-electron chi connectivity index (χ2n) is 9.33. The highest BCUT2D eigenvalue weighted by atomic mass is 15.1. The molecule has 8 nitrogen and oxygen atoms in total. The molecule has 0 aliphatic carbocycles. The van der Waals surface area contributed by atoms with E-state index in [1.54, 1.807) is 12.4 Å². The van der Waals surface area contributed by atoms with Crippen molar-refractivity contribution in [1.29, 1.82) is 0 Å². The van der Waals surface area contributed by atoms with Crippen molar-refractivity contribution >= 4 is 34.3 Å². The Kier molecular flexibility index (Phi) is 6.97. The first-order chi connectivity index (χ1) is 18.4. The predicted octanol–water partition coefficient (Wildman–Crippen LogP) is 4.19. The number of allylic oxidation sites excluding steroid dienone is 1. The van der Waals surface area contributed by atoms with Gasteiger partial charge in [0.15, 0.2) is 0 Å². The molecule has 3 N–H and O–H groups in total. The lowest BCUT2D eigenvalue weighted by molar-refractivity contribution is 0.447. The monoisotopic (exact) mass is 502 g/mol. The van der Waals surface area contributed by atoms with Gasteiger partial charge in [-0.2, -0.15) is 5.10 Å². The average Bonchev–Trinajstić information content (AvgIpc) is 3.52. The molecule has 0 amide bonds. The van der Waals surface area contributed by atoms with E-state index in [1.807, 2.05) is 76.0 Å². The van der Waals surface area contributed by atoms with Crippen LogP contribution in [0.5, 0.6) is 0 Å². The Hall–Kier alpha value is -4.82. The summed E-state index contributed by atoms with van der Waals surface area (Å²) in [4.78, 5) is 18.9. The summed E-state index contributed by atoms with van der Waals surface area (Å²) >= 11 is 0. The largest absolute Gasteiger partial charge is 0.357 e. The fourth-order valence-electron chi connectivity index (χ4n) is 4.41. The van der Waals surface area contributed by atoms with E-state index in [9.17, 15) is 0 Å². The van der Waals surface area contributed by atoms with Crippen molar-refractivity contribution in [3.05, 3.63) is 96.3 Å². The minimum Gasteiger partial charge on any atom is -0.357 e. The molecule has 0 unspecified atom stereocenters. The Balaban J connectivity index is 1.53. The number of nitrogens with one attached hydrogen (secondary N) is 3. The molecule has 5 aromatic heterocycles. The molecule has 0 atom stereocenters. The molecule has 0 saturated heterocycles. The van der Waals surface area contributed by atoms with Crippen LogP contribution < -0.4 is 15.9 Å². The Morgan fingerprint density at radius 2 is 1.92 bits per heavy atom. The minimum atomic E-state index is 0.730. The summed E-state index contributed by atoms with van der Waals surface area (Å²) in [5.41, 5.74) is 7.90. The molecule has 5 aromatic rings. The molecule has 5 rings (SSSR count). The van der Waals surface area contributed by atoms with Crippen LogP contribution in [-0.4, -0.2) is 55.7 Å². The molecule has 8 heteroatoms. The second-order valence-corrected chi connectivity index (χ2v) is 9.33. The number of likely N-dealkylation sites (N-methyl/N-ethyl adjacent to an activating group) is 1. The number of pyridine rings is 3. The molecule has 5 heterocycles. The van der Waals surface area contributed by atoms with Gasteiger partial charge in [0.05, 0.1) is 40.3 Å². The highest BCUT2D eigenvalue weighted by Crippen LogP contribution is 2.29. The van der Waals surface area contributed by atoms with Gasteiger partial charge in [0.25, 0.3) is 0 Å². The highest BCUT2D eigenvalue weighted by Gasteiger charge is 2.13. The van der Waals surface area contributed by atoms with E-state index < -0.39 is 0 Å². The van der Waals surface area contributed by atoms with Gasteiger partial charge in [-0.25, -0.2) is 0 Å². The van der Waals surface area contributed by atoms with Gasteiger partial charge in [0, 0.05) is 52.6 Å². The van der Waals surface area contributed by atoms with Crippen molar-refractivity contribution in [3.63, 3.8) is 0 Å². The van der Waals surface area contributed by atoms with Crippen LogP contribution in [0.25, 0.3) is 51.3 Å². The summed E-state index contributed by atoms with van der Waals surface area (Å²) < 4.78 is 0. The second kappa shape index (κ2) is 10.7. The Bertz CT molecular complexity index is 1740. The van der Waals surface area contributed by atoms with E-state index in [2.05, 4.69) is 59.6 Å². The SMILES string of the molecule is C=C(CN(C)C)Nc1cncc(C(=C)/C=c2/c(-c3cc4c(-c5ccccn5)cncc4[nH]3)n[nH]/c2=C/C)c1. The summed E-state index contributed by atoms with van der Waals surface area (Å²) in [6, 6.07) is 9.98. The van der Waals surface area contributed by atoms with Crippen LogP contribution in [0.1, 0.15) is 12.5 Å². The Morgan fingerprint density at radius 3 is 2.68 bits per heavy atom. The molecule has 190 valence electrons. The molecule has 0 fully saturated rings. The summed E-state index contributed by atoms with van der Waals surface area (Å²) in [6.07, 6.45) is 13.1. The van der Waals surface area contributed by atoms with Crippen LogP contribution >= 0.6 is 0 Å². The lowest BCUT2D eigenvalue weighted by Gasteiger charge is -2.14. The summed E-state index contributed by atoms with van der Waals surface area (Å²) in [6.45, 7) is 11.1. The molecular formula is C30H30N8. The van der Waals surface area contributed by atoms with Crippen molar-refractivity contribution in [1.82, 2.24) is 35.0 Å². The maximum Gasteiger partial charge on any atom is 0.116 e. The van der Waals surface area contributed by atoms with Gasteiger partial charge in [-0.1, -0.05) is 25.3 Å². The molecule has 38 heavy (non-hydrogen) atoms. The first-order valence-corrected chi connectivity index (χ1v) is 12.3. The van der Waals surface area contributed by atoms with Crippen molar-refractivity contribution in [2.75, 3.05) is 26.0 Å². The first kappa shape index (κ1) is 24.9. The molecule has 0 aliphatic rings. The van der Waals surface area contributed by atoms with Crippen molar-refractivity contribution < 1.29 is 0 Å². The smallest absolute Gasteiger partial charge is 0.116 e. The standard InChI is InChI=1S/C30H30N8/c1-6-26-24(11-19(2)21-12-22(15-31-14-21)34-20(3)18-38(4)5)30(37-36-26)28-13-23-25(16-32-17-29(23)35-28)27-9-7-8-10-33-27/h6-17,34-36H,2-3,18H2,1,4-5H3/b24-11+,26-6+. The van der Waals surface area contributed by atoms with Gasteiger partial charge < -0.3 is 15.2 Å². The van der Waals surface area contributed by atoms with E-state index in [1.165, 1.54) is 0 Å². The fraction of sp³-hybridized carbons (Fsp3) is 0.133. The molecule has 0 aromatic carbocycles. The third-order valence-corrected chi connectivity index (χ3v) is 6.12. The Morgan fingerprint density at radius 1 is 1.08 bits per heavy atom. The summed E-state index contributed by atoms with van der Waals surface area (Å²) in [7, 11) is 4.01. The zero-order valence-corrected chi connectivity index (χ0v) is 21.8. The van der Waals surface area contributed by atoms with Crippen LogP contribution in [-0.2, 0) is 0 Å². The van der Waals surface area contributed by atoms with Crippen LogP contribution in [0.3, 0.4) is 0 Å². The third kappa shape index (κ3) is 5.16. The van der Waals surface area contributed by atoms with Crippen LogP contribution in [0.2, 0.25) is 0 Å². The van der Waals surface area contributed by atoms with Gasteiger partial charge >= 0.3 is 0 Å². The lowest BCUT2D eigenvalue weighted by atomic mass is 10.1. The number of aromatic nitrogens is 6. The zero-order chi connectivity index (χ0) is 26.6. The number of rotatable bonds is 8. The van der Waals surface area contributed by atoms with Crippen LogP contribution in [0, 0.1) is 0 Å². The van der Waals surface area contributed by atoms with E-state index >= 15 is 0 Å². The molecule has 0 bridgehead atoms. The Labute approximate surface area is 221 Å². The maximum atomic E-state index is 4.65. The highest BCUT2D eigenvalue weighted by molar-refractivity contribution is 5.97. The molecule has 0 spiro atoms. The van der Waals surface area contributed by atoms with Gasteiger partial charge in [0.1, 0.15) is 5.69 Å². The van der Waals surface area contributed by atoms with E-state index in [0.717, 1.165) is 73.2 Å². The molecule has 0 radical (unpaired) electrons. The topological polar surface area (TPSA) is 98.4 Å². The predicted molar refractivity (Wildman–Crippen MR) is 155 cm³/mol. The number of nitrogens with zero attached hydrogens (tertiary/aromatic N) is 5. The number of aromatic amines is 2. The lowest BCUT2D eigenvalue weighted by Crippen LogP contribution is -2.23. The average molecular weight is 503 g/mol. The van der Waals surface area contributed by atoms with Gasteiger partial charge in [-0.05, 0) is 56.9 Å². The normalized spacial score (nSPS) is 12.4. The first-order valence-electron chi connectivity index (χ1n) is 12.3. The number of H-pyrrole nitrogens is 2. The van der Waals surface area contributed by atoms with E-state index in [0.29, 0.717) is 0 Å². The molecule has 0 saturated carbocycles. The van der Waals surface area contributed by atoms with Crippen molar-refractivity contribution in [2.45, 2.75) is 6.92 Å². The maximum absolute atomic E-state index is 4.65. The quantitative estimate of drug-likeness (QED) is 0.294. The van der Waals surface area contributed by atoms with Gasteiger partial charge in [-0.3, -0.25) is 20.1 Å². The number of hydrogen-bond donors (Lipinski definition) is 3.